The van der Waals surface area contributed by atoms with Gasteiger partial charge in [0.05, 0.1) is 0 Å². The molecule has 0 saturated carbocycles. The molecular formula is C6H14MgO. The Morgan fingerprint density at radius 1 is 1.25 bits per heavy atom. The molecule has 0 aliphatic rings. The van der Waals surface area contributed by atoms with E-state index in [1.54, 1.807) is 0 Å². The molecule has 0 radical (unpaired) electrons. The maximum atomic E-state index is 9.30. The minimum absolute atomic E-state index is 0.0694. The van der Waals surface area contributed by atoms with Crippen LogP contribution < -0.4 is 5.11 Å². The molecule has 0 aliphatic carbocycles. The van der Waals surface area contributed by atoms with Gasteiger partial charge in [0, 0.05) is 0 Å². The van der Waals surface area contributed by atoms with Gasteiger partial charge in [0.1, 0.15) is 0 Å². The molecule has 0 aromatic heterocycles. The summed E-state index contributed by atoms with van der Waals surface area (Å²) in [5, 5.41) is 9.30. The first kappa shape index (κ1) is 11.5. The third-order valence-electron chi connectivity index (χ3n) is 0.558. The summed E-state index contributed by atoms with van der Waals surface area (Å²) in [7, 11) is 0. The first-order valence-electron chi connectivity index (χ1n) is 3.20. The van der Waals surface area contributed by atoms with Gasteiger partial charge in [-0.2, -0.15) is 0 Å². The third-order valence-corrected chi connectivity index (χ3v) is 1.26. The van der Waals surface area contributed by atoms with E-state index in [9.17, 15) is 5.11 Å². The summed E-state index contributed by atoms with van der Waals surface area (Å²) in [4.78, 5) is 0. The Hall–Kier alpha value is 0.726. The molecule has 0 amide bonds. The van der Waals surface area contributed by atoms with E-state index in [2.05, 4.69) is 6.92 Å². The molecule has 0 spiro atoms. The Kier molecular flexibility index (Phi) is 22.5. The van der Waals surface area contributed by atoms with Crippen LogP contribution in [0.3, 0.4) is 0 Å². The van der Waals surface area contributed by atoms with Gasteiger partial charge in [-0.05, 0) is 0 Å². The zero-order valence-corrected chi connectivity index (χ0v) is 7.36. The first-order chi connectivity index (χ1) is 3.83. The van der Waals surface area contributed by atoms with Crippen LogP contribution in [0.1, 0.15) is 26.7 Å². The van der Waals surface area contributed by atoms with E-state index < -0.39 is 0 Å². The average molecular weight is 126 g/mol. The van der Waals surface area contributed by atoms with E-state index in [-0.39, 0.29) is 6.61 Å². The van der Waals surface area contributed by atoms with Crippen LogP contribution in [0.15, 0.2) is 0 Å². The van der Waals surface area contributed by atoms with Gasteiger partial charge in [-0.25, -0.2) is 0 Å². The van der Waals surface area contributed by atoms with Crippen LogP contribution in [0.2, 0.25) is 4.55 Å². The SMILES string of the molecule is CCC[O-].CC[CH2][Mg+]. The zero-order chi connectivity index (χ0) is 6.83. The van der Waals surface area contributed by atoms with E-state index in [4.69, 9.17) is 0 Å². The molecular weight excluding hydrogens is 112 g/mol. The summed E-state index contributed by atoms with van der Waals surface area (Å²) in [5.41, 5.74) is 0. The van der Waals surface area contributed by atoms with Crippen molar-refractivity contribution in [2.45, 2.75) is 31.2 Å². The van der Waals surface area contributed by atoms with Gasteiger partial charge in [0.25, 0.3) is 0 Å². The molecule has 0 fully saturated rings. The van der Waals surface area contributed by atoms with Crippen LogP contribution in [0.25, 0.3) is 0 Å². The molecule has 0 heterocycles. The molecule has 8 heavy (non-hydrogen) atoms. The van der Waals surface area contributed by atoms with Crippen molar-refractivity contribution in [2.24, 2.45) is 0 Å². The van der Waals surface area contributed by atoms with Gasteiger partial charge in [0.2, 0.25) is 0 Å². The third kappa shape index (κ3) is 29.7. The van der Waals surface area contributed by atoms with Gasteiger partial charge in [0.15, 0.2) is 0 Å². The van der Waals surface area contributed by atoms with Crippen molar-refractivity contribution in [3.05, 3.63) is 0 Å². The minimum atomic E-state index is 0.0694. The van der Waals surface area contributed by atoms with Crippen molar-refractivity contribution < 1.29 is 5.11 Å². The Balaban J connectivity index is 0. The molecule has 0 aromatic rings. The second-order valence-electron chi connectivity index (χ2n) is 1.56. The van der Waals surface area contributed by atoms with Crippen molar-refractivity contribution >= 4 is 21.7 Å². The predicted octanol–water partition coefficient (Wildman–Crippen LogP) is 0.740. The Morgan fingerprint density at radius 2 is 1.50 bits per heavy atom. The monoisotopic (exact) mass is 126 g/mol. The maximum absolute atomic E-state index is 9.30. The fraction of sp³-hybridized carbons (Fsp3) is 1.00. The number of hydrogen-bond acceptors (Lipinski definition) is 1. The zero-order valence-electron chi connectivity index (χ0n) is 5.94. The predicted molar refractivity (Wildman–Crippen MR) is 36.0 cm³/mol. The topological polar surface area (TPSA) is 23.1 Å². The summed E-state index contributed by atoms with van der Waals surface area (Å²) in [5.74, 6) is 0. The van der Waals surface area contributed by atoms with E-state index in [0.717, 1.165) is 6.42 Å². The summed E-state index contributed by atoms with van der Waals surface area (Å²) in [6, 6.07) is 0. The molecule has 0 unspecified atom stereocenters. The summed E-state index contributed by atoms with van der Waals surface area (Å²) < 4.78 is 1.35. The van der Waals surface area contributed by atoms with Crippen molar-refractivity contribution in [3.63, 3.8) is 0 Å². The summed E-state index contributed by atoms with van der Waals surface area (Å²) >= 11 is 2.02. The van der Waals surface area contributed by atoms with E-state index in [0.29, 0.717) is 0 Å². The first-order valence-corrected chi connectivity index (χ1v) is 4.20. The summed E-state index contributed by atoms with van der Waals surface area (Å²) in [6.07, 6.45) is 2.10. The van der Waals surface area contributed by atoms with E-state index in [1.165, 1.54) is 11.0 Å². The van der Waals surface area contributed by atoms with Crippen molar-refractivity contribution in [2.75, 3.05) is 6.61 Å². The van der Waals surface area contributed by atoms with Crippen molar-refractivity contribution in [1.82, 2.24) is 0 Å². The second kappa shape index (κ2) is 15.6. The fourth-order valence-corrected chi connectivity index (χ4v) is 0. The normalized spacial score (nSPS) is 7.62. The molecule has 0 atom stereocenters. The van der Waals surface area contributed by atoms with Crippen LogP contribution in [0, 0.1) is 0 Å². The van der Waals surface area contributed by atoms with E-state index in [1.807, 2.05) is 28.6 Å². The Labute approximate surface area is 64.9 Å². The molecule has 46 valence electrons. The van der Waals surface area contributed by atoms with Gasteiger partial charge < -0.3 is 5.11 Å². The van der Waals surface area contributed by atoms with Crippen LogP contribution in [-0.2, 0) is 0 Å². The number of rotatable bonds is 2. The van der Waals surface area contributed by atoms with Gasteiger partial charge >= 0.3 is 39.6 Å². The fourth-order valence-electron chi connectivity index (χ4n) is 0. The molecule has 0 aliphatic heterocycles. The quantitative estimate of drug-likeness (QED) is 0.501. The molecule has 0 rings (SSSR count). The number of hydrogen-bond donors (Lipinski definition) is 0. The Bertz CT molecular complexity index is 16.5. The van der Waals surface area contributed by atoms with Crippen LogP contribution in [0.5, 0.6) is 0 Å². The van der Waals surface area contributed by atoms with Crippen LogP contribution in [-0.4, -0.2) is 28.3 Å². The summed E-state index contributed by atoms with van der Waals surface area (Å²) in [6.45, 7) is 4.12. The molecule has 1 nitrogen and oxygen atoms in total. The molecule has 0 N–H and O–H groups in total. The molecule has 2 heteroatoms. The van der Waals surface area contributed by atoms with Gasteiger partial charge in [-0.15, -0.1) is 6.61 Å². The molecule has 0 bridgehead atoms. The van der Waals surface area contributed by atoms with Crippen molar-refractivity contribution in [1.29, 1.82) is 0 Å². The Morgan fingerprint density at radius 3 is 1.50 bits per heavy atom. The van der Waals surface area contributed by atoms with Crippen LogP contribution in [0.4, 0.5) is 0 Å². The standard InChI is InChI=1S/C3H7O.C3H7.Mg/c1-2-3-4;1-3-2;/h2-3H2,1H3;1,3H2,2H3;/q-1;;+1. The molecule has 0 aromatic carbocycles. The van der Waals surface area contributed by atoms with Gasteiger partial charge in [-0.3, -0.25) is 0 Å². The van der Waals surface area contributed by atoms with Crippen molar-refractivity contribution in [3.8, 4) is 0 Å². The van der Waals surface area contributed by atoms with E-state index >= 15 is 0 Å². The average Bonchev–Trinajstić information content (AvgIpc) is 1.88. The van der Waals surface area contributed by atoms with Crippen LogP contribution >= 0.6 is 0 Å². The molecule has 0 saturated heterocycles. The second-order valence-corrected chi connectivity index (χ2v) is 2.26. The van der Waals surface area contributed by atoms with Gasteiger partial charge in [-0.1, -0.05) is 13.3 Å².